The van der Waals surface area contributed by atoms with Crippen molar-refractivity contribution in [1.29, 1.82) is 0 Å². The summed E-state index contributed by atoms with van der Waals surface area (Å²) in [7, 11) is 0. The van der Waals surface area contributed by atoms with Gasteiger partial charge in [0.2, 0.25) is 0 Å². The number of aryl methyl sites for hydroxylation is 1. The number of carbonyl (C=O) groups is 2. The molecule has 1 aliphatic carbocycles. The summed E-state index contributed by atoms with van der Waals surface area (Å²) in [6.07, 6.45) is 1.09. The van der Waals surface area contributed by atoms with Gasteiger partial charge in [0.25, 0.3) is 0 Å². The van der Waals surface area contributed by atoms with Crippen molar-refractivity contribution in [1.82, 2.24) is 0 Å². The Morgan fingerprint density at radius 3 is 2.84 bits per heavy atom. The molecule has 2 aromatic rings. The summed E-state index contributed by atoms with van der Waals surface area (Å²) in [5.74, 6) is -0.827. The van der Waals surface area contributed by atoms with Crippen molar-refractivity contribution in [2.24, 2.45) is 0 Å². The van der Waals surface area contributed by atoms with Crippen LogP contribution >= 0.6 is 0 Å². The Bertz CT molecular complexity index is 828. The molecule has 1 atom stereocenters. The molecule has 0 aliphatic heterocycles. The minimum Gasteiger partial charge on any atom is -0.482 e. The first-order chi connectivity index (χ1) is 12.0. The number of ether oxygens (including phenoxy) is 2. The van der Waals surface area contributed by atoms with Gasteiger partial charge < -0.3 is 9.47 Å². The number of benzene rings is 2. The van der Waals surface area contributed by atoms with E-state index in [1.165, 1.54) is 12.1 Å². The highest BCUT2D eigenvalue weighted by molar-refractivity contribution is 6.04. The van der Waals surface area contributed by atoms with Crippen molar-refractivity contribution in [2.45, 2.75) is 32.6 Å². The van der Waals surface area contributed by atoms with E-state index in [0.717, 1.165) is 12.0 Å². The van der Waals surface area contributed by atoms with Gasteiger partial charge in [-0.05, 0) is 42.2 Å². The summed E-state index contributed by atoms with van der Waals surface area (Å²) >= 11 is 0. The molecule has 0 fully saturated rings. The molecule has 1 unspecified atom stereocenters. The van der Waals surface area contributed by atoms with E-state index >= 15 is 0 Å². The van der Waals surface area contributed by atoms with Crippen LogP contribution in [0.1, 0.15) is 47.7 Å². The first kappa shape index (κ1) is 17.1. The van der Waals surface area contributed by atoms with E-state index in [0.29, 0.717) is 11.3 Å². The molecule has 25 heavy (non-hydrogen) atoms. The highest BCUT2D eigenvalue weighted by Crippen LogP contribution is 2.39. The van der Waals surface area contributed by atoms with Crippen molar-refractivity contribution < 1.29 is 23.5 Å². The monoisotopic (exact) mass is 342 g/mol. The molecule has 0 N–H and O–H groups in total. The van der Waals surface area contributed by atoms with Crippen LogP contribution in [0.15, 0.2) is 36.4 Å². The molecule has 0 saturated carbocycles. The lowest BCUT2D eigenvalue weighted by Gasteiger charge is -2.11. The maximum absolute atomic E-state index is 14.0. The largest absolute Gasteiger partial charge is 0.482 e. The van der Waals surface area contributed by atoms with Gasteiger partial charge in [0.05, 0.1) is 5.56 Å². The maximum atomic E-state index is 14.0. The Morgan fingerprint density at radius 2 is 2.08 bits per heavy atom. The first-order valence-electron chi connectivity index (χ1n) is 8.27. The summed E-state index contributed by atoms with van der Waals surface area (Å²) in [4.78, 5) is 24.2. The number of ketones is 1. The molecular formula is C20H19FO4. The fraction of sp³-hybridized carbons (Fsp3) is 0.300. The molecule has 1 aliphatic rings. The Labute approximate surface area is 145 Å². The SMILES string of the molecule is CCc1cccc(OCC(=O)Oc2ccc(F)c3c2C(=O)CC3C)c1. The van der Waals surface area contributed by atoms with Gasteiger partial charge in [0.15, 0.2) is 12.4 Å². The number of hydrogen-bond donors (Lipinski definition) is 0. The van der Waals surface area contributed by atoms with Gasteiger partial charge in [0, 0.05) is 12.0 Å². The number of rotatable bonds is 5. The molecule has 4 nitrogen and oxygen atoms in total. The number of esters is 1. The maximum Gasteiger partial charge on any atom is 0.349 e. The number of carbonyl (C=O) groups excluding carboxylic acids is 2. The zero-order valence-electron chi connectivity index (χ0n) is 14.2. The number of fused-ring (bicyclic) bond motifs is 1. The van der Waals surface area contributed by atoms with E-state index in [4.69, 9.17) is 9.47 Å². The van der Waals surface area contributed by atoms with Crippen molar-refractivity contribution in [3.63, 3.8) is 0 Å². The fourth-order valence-electron chi connectivity index (χ4n) is 3.06. The van der Waals surface area contributed by atoms with Gasteiger partial charge >= 0.3 is 5.97 Å². The van der Waals surface area contributed by atoms with Gasteiger partial charge in [-0.3, -0.25) is 4.79 Å². The highest BCUT2D eigenvalue weighted by atomic mass is 19.1. The Balaban J connectivity index is 1.71. The van der Waals surface area contributed by atoms with Crippen LogP contribution in [0.25, 0.3) is 0 Å². The second-order valence-corrected chi connectivity index (χ2v) is 6.13. The molecule has 2 aromatic carbocycles. The lowest BCUT2D eigenvalue weighted by Crippen LogP contribution is -2.19. The van der Waals surface area contributed by atoms with Crippen molar-refractivity contribution in [3.05, 3.63) is 58.9 Å². The molecule has 0 radical (unpaired) electrons. The van der Waals surface area contributed by atoms with E-state index in [-0.39, 0.29) is 36.0 Å². The third-order valence-electron chi connectivity index (χ3n) is 4.30. The summed E-state index contributed by atoms with van der Waals surface area (Å²) < 4.78 is 24.7. The summed E-state index contributed by atoms with van der Waals surface area (Å²) in [5, 5.41) is 0. The average Bonchev–Trinajstić information content (AvgIpc) is 2.91. The Morgan fingerprint density at radius 1 is 1.28 bits per heavy atom. The quantitative estimate of drug-likeness (QED) is 0.607. The molecule has 0 aromatic heterocycles. The third kappa shape index (κ3) is 3.55. The number of halogens is 1. The summed E-state index contributed by atoms with van der Waals surface area (Å²) in [5.41, 5.74) is 1.60. The van der Waals surface area contributed by atoms with Crippen LogP contribution in [-0.4, -0.2) is 18.4 Å². The molecule has 0 saturated heterocycles. The van der Waals surface area contributed by atoms with Gasteiger partial charge in [-0.15, -0.1) is 0 Å². The van der Waals surface area contributed by atoms with Crippen LogP contribution in [0.5, 0.6) is 11.5 Å². The van der Waals surface area contributed by atoms with Crippen LogP contribution in [0.4, 0.5) is 4.39 Å². The molecule has 0 bridgehead atoms. The van der Waals surface area contributed by atoms with Crippen molar-refractivity contribution in [3.8, 4) is 11.5 Å². The molecule has 0 heterocycles. The minimum absolute atomic E-state index is 0.0988. The normalized spacial score (nSPS) is 15.8. The molecular weight excluding hydrogens is 323 g/mol. The van der Waals surface area contributed by atoms with E-state index in [9.17, 15) is 14.0 Å². The summed E-state index contributed by atoms with van der Waals surface area (Å²) in [6, 6.07) is 9.98. The molecule has 0 amide bonds. The molecule has 0 spiro atoms. The van der Waals surface area contributed by atoms with Crippen LogP contribution in [0.3, 0.4) is 0 Å². The zero-order chi connectivity index (χ0) is 18.0. The predicted octanol–water partition coefficient (Wildman–Crippen LogP) is 4.06. The number of Topliss-reactive ketones (excluding diaryl/α,β-unsaturated/α-hetero) is 1. The average molecular weight is 342 g/mol. The van der Waals surface area contributed by atoms with Gasteiger partial charge in [-0.2, -0.15) is 0 Å². The second-order valence-electron chi connectivity index (χ2n) is 6.13. The van der Waals surface area contributed by atoms with Gasteiger partial charge in [-0.1, -0.05) is 26.0 Å². The first-order valence-corrected chi connectivity index (χ1v) is 8.27. The zero-order valence-corrected chi connectivity index (χ0v) is 14.2. The molecule has 5 heteroatoms. The van der Waals surface area contributed by atoms with Crippen LogP contribution in [0, 0.1) is 5.82 Å². The second kappa shape index (κ2) is 7.05. The molecule has 3 rings (SSSR count). The Kier molecular flexibility index (Phi) is 4.83. The highest BCUT2D eigenvalue weighted by Gasteiger charge is 2.33. The standard InChI is InChI=1S/C20H19FO4/c1-3-13-5-4-6-14(10-13)24-11-18(23)25-17-8-7-15(21)19-12(2)9-16(22)20(17)19/h4-8,10,12H,3,9,11H2,1-2H3. The van der Waals surface area contributed by atoms with E-state index in [1.54, 1.807) is 13.0 Å². The van der Waals surface area contributed by atoms with Crippen LogP contribution in [0.2, 0.25) is 0 Å². The third-order valence-corrected chi connectivity index (χ3v) is 4.30. The van der Waals surface area contributed by atoms with Crippen LogP contribution < -0.4 is 9.47 Å². The smallest absolute Gasteiger partial charge is 0.349 e. The molecule has 130 valence electrons. The van der Waals surface area contributed by atoms with Crippen molar-refractivity contribution in [2.75, 3.05) is 6.61 Å². The predicted molar refractivity (Wildman–Crippen MR) is 90.7 cm³/mol. The lowest BCUT2D eigenvalue weighted by atomic mass is 10.0. The van der Waals surface area contributed by atoms with Crippen molar-refractivity contribution >= 4 is 11.8 Å². The van der Waals surface area contributed by atoms with E-state index < -0.39 is 11.8 Å². The topological polar surface area (TPSA) is 52.6 Å². The Hall–Kier alpha value is -2.69. The summed E-state index contributed by atoms with van der Waals surface area (Å²) in [6.45, 7) is 3.52. The fourth-order valence-corrected chi connectivity index (χ4v) is 3.06. The number of hydrogen-bond acceptors (Lipinski definition) is 4. The van der Waals surface area contributed by atoms with Crippen LogP contribution in [-0.2, 0) is 11.2 Å². The lowest BCUT2D eigenvalue weighted by molar-refractivity contribution is -0.136. The van der Waals surface area contributed by atoms with E-state index in [2.05, 4.69) is 0 Å². The van der Waals surface area contributed by atoms with E-state index in [1.807, 2.05) is 25.1 Å². The van der Waals surface area contributed by atoms with Gasteiger partial charge in [-0.25, -0.2) is 9.18 Å². The minimum atomic E-state index is -0.636. The van der Waals surface area contributed by atoms with Gasteiger partial charge in [0.1, 0.15) is 17.3 Å².